The molecule has 2 saturated carbocycles. The van der Waals surface area contributed by atoms with Gasteiger partial charge in [0.15, 0.2) is 0 Å². The average Bonchev–Trinajstić information content (AvgIpc) is 3.27. The maximum absolute atomic E-state index is 12.3. The molecule has 2 atom stereocenters. The van der Waals surface area contributed by atoms with Gasteiger partial charge in [0.05, 0.1) is 5.92 Å². The van der Waals surface area contributed by atoms with Crippen molar-refractivity contribution in [1.29, 1.82) is 0 Å². The minimum atomic E-state index is -0.727. The minimum Gasteiger partial charge on any atom is -0.481 e. The summed E-state index contributed by atoms with van der Waals surface area (Å²) in [5, 5.41) is 13.2. The van der Waals surface area contributed by atoms with Crippen LogP contribution in [-0.2, 0) is 9.59 Å². The molecule has 0 saturated heterocycles. The Labute approximate surface area is 145 Å². The average molecular weight is 356 g/mol. The second-order valence-corrected chi connectivity index (χ2v) is 7.42. The summed E-state index contributed by atoms with van der Waals surface area (Å²) in [6, 6.07) is 5.51. The third-order valence-electron chi connectivity index (χ3n) is 4.86. The van der Waals surface area contributed by atoms with Gasteiger partial charge in [0.25, 0.3) is 0 Å². The van der Waals surface area contributed by atoms with E-state index in [1.54, 1.807) is 6.07 Å². The van der Waals surface area contributed by atoms with E-state index in [2.05, 4.69) is 5.32 Å². The summed E-state index contributed by atoms with van der Waals surface area (Å²) in [4.78, 5) is 23.3. The van der Waals surface area contributed by atoms with E-state index in [-0.39, 0.29) is 29.7 Å². The van der Waals surface area contributed by atoms with Gasteiger partial charge in [-0.25, -0.2) is 0 Å². The van der Waals surface area contributed by atoms with Crippen LogP contribution in [0, 0.1) is 11.8 Å². The minimum absolute atomic E-state index is 0.0262. The Morgan fingerprint density at radius 3 is 2.22 bits per heavy atom. The molecule has 4 nitrogen and oxygen atoms in total. The molecule has 0 aliphatic heterocycles. The number of hydrogen-bond donors (Lipinski definition) is 2. The van der Waals surface area contributed by atoms with Gasteiger partial charge in [-0.1, -0.05) is 23.2 Å². The Hall–Kier alpha value is -1.26. The Morgan fingerprint density at radius 1 is 1.04 bits per heavy atom. The SMILES string of the molecule is O=C(O)C1CCC(NC(=O)C2CC2c2cc(Cl)cc(Cl)c2)CC1. The Kier molecular flexibility index (Phi) is 4.83. The highest BCUT2D eigenvalue weighted by Gasteiger charge is 2.44. The molecular weight excluding hydrogens is 337 g/mol. The van der Waals surface area contributed by atoms with Gasteiger partial charge in [-0.05, 0) is 61.8 Å². The summed E-state index contributed by atoms with van der Waals surface area (Å²) < 4.78 is 0. The molecule has 0 bridgehead atoms. The zero-order valence-corrected chi connectivity index (χ0v) is 14.1. The van der Waals surface area contributed by atoms with Crippen LogP contribution >= 0.6 is 23.2 Å². The topological polar surface area (TPSA) is 66.4 Å². The van der Waals surface area contributed by atoms with E-state index in [1.807, 2.05) is 12.1 Å². The Morgan fingerprint density at radius 2 is 1.65 bits per heavy atom. The lowest BCUT2D eigenvalue weighted by Crippen LogP contribution is -2.39. The molecule has 0 spiro atoms. The number of nitrogens with one attached hydrogen (secondary N) is 1. The number of aliphatic carboxylic acids is 1. The normalized spacial score (nSPS) is 29.8. The molecule has 2 aliphatic carbocycles. The van der Waals surface area contributed by atoms with Crippen LogP contribution in [0.2, 0.25) is 10.0 Å². The van der Waals surface area contributed by atoms with Gasteiger partial charge in [-0.15, -0.1) is 0 Å². The predicted molar refractivity (Wildman–Crippen MR) is 88.8 cm³/mol. The highest BCUT2D eigenvalue weighted by molar-refractivity contribution is 6.34. The summed E-state index contributed by atoms with van der Waals surface area (Å²) >= 11 is 12.0. The van der Waals surface area contributed by atoms with E-state index >= 15 is 0 Å². The molecule has 2 unspecified atom stereocenters. The van der Waals surface area contributed by atoms with Crippen molar-refractivity contribution in [2.45, 2.75) is 44.1 Å². The molecule has 3 rings (SSSR count). The number of carbonyl (C=O) groups is 2. The molecule has 2 aliphatic rings. The Balaban J connectivity index is 1.52. The van der Waals surface area contributed by atoms with Crippen molar-refractivity contribution in [3.63, 3.8) is 0 Å². The highest BCUT2D eigenvalue weighted by atomic mass is 35.5. The summed E-state index contributed by atoms with van der Waals surface area (Å²) in [7, 11) is 0. The van der Waals surface area contributed by atoms with E-state index in [1.165, 1.54) is 0 Å². The fraction of sp³-hybridized carbons (Fsp3) is 0.529. The number of rotatable bonds is 4. The number of halogens is 2. The molecule has 1 aromatic carbocycles. The first-order valence-corrected chi connectivity index (χ1v) is 8.69. The highest BCUT2D eigenvalue weighted by Crippen LogP contribution is 2.48. The van der Waals surface area contributed by atoms with Crippen LogP contribution in [0.25, 0.3) is 0 Å². The summed E-state index contributed by atoms with van der Waals surface area (Å²) in [5.74, 6) is -0.770. The first-order valence-electron chi connectivity index (χ1n) is 7.93. The van der Waals surface area contributed by atoms with E-state index in [4.69, 9.17) is 28.3 Å². The lowest BCUT2D eigenvalue weighted by molar-refractivity contribution is -0.142. The van der Waals surface area contributed by atoms with Gasteiger partial charge in [0.1, 0.15) is 0 Å². The number of amides is 1. The molecular formula is C17H19Cl2NO3. The summed E-state index contributed by atoms with van der Waals surface area (Å²) in [6.07, 6.45) is 3.57. The van der Waals surface area contributed by atoms with Crippen LogP contribution < -0.4 is 5.32 Å². The predicted octanol–water partition coefficient (Wildman–Crippen LogP) is 3.86. The standard InChI is InChI=1S/C17H19Cl2NO3/c18-11-5-10(6-12(19)7-11)14-8-15(14)16(21)20-13-3-1-9(2-4-13)17(22)23/h5-7,9,13-15H,1-4,8H2,(H,20,21)(H,22,23). The van der Waals surface area contributed by atoms with Gasteiger partial charge in [-0.3, -0.25) is 9.59 Å². The third kappa shape index (κ3) is 3.99. The molecule has 23 heavy (non-hydrogen) atoms. The van der Waals surface area contributed by atoms with E-state index in [0.29, 0.717) is 22.9 Å². The van der Waals surface area contributed by atoms with Crippen LogP contribution in [0.3, 0.4) is 0 Å². The number of carbonyl (C=O) groups excluding carboxylic acids is 1. The molecule has 1 aromatic rings. The number of benzene rings is 1. The van der Waals surface area contributed by atoms with Crippen LogP contribution in [0.1, 0.15) is 43.6 Å². The lowest BCUT2D eigenvalue weighted by Gasteiger charge is -2.26. The van der Waals surface area contributed by atoms with Crippen LogP contribution in [-0.4, -0.2) is 23.0 Å². The third-order valence-corrected chi connectivity index (χ3v) is 5.30. The fourth-order valence-electron chi connectivity index (χ4n) is 3.44. The van der Waals surface area contributed by atoms with Crippen molar-refractivity contribution in [2.75, 3.05) is 0 Å². The monoisotopic (exact) mass is 355 g/mol. The van der Waals surface area contributed by atoms with Gasteiger partial charge < -0.3 is 10.4 Å². The van der Waals surface area contributed by atoms with Crippen molar-refractivity contribution < 1.29 is 14.7 Å². The first kappa shape index (κ1) is 16.6. The second kappa shape index (κ2) is 6.70. The van der Waals surface area contributed by atoms with Crippen LogP contribution in [0.4, 0.5) is 0 Å². The summed E-state index contributed by atoms with van der Waals surface area (Å²) in [6.45, 7) is 0. The van der Waals surface area contributed by atoms with Crippen molar-refractivity contribution in [2.24, 2.45) is 11.8 Å². The zero-order valence-electron chi connectivity index (χ0n) is 12.6. The van der Waals surface area contributed by atoms with Crippen LogP contribution in [0.15, 0.2) is 18.2 Å². The molecule has 6 heteroatoms. The van der Waals surface area contributed by atoms with E-state index in [0.717, 1.165) is 24.8 Å². The van der Waals surface area contributed by atoms with Crippen LogP contribution in [0.5, 0.6) is 0 Å². The van der Waals surface area contributed by atoms with Gasteiger partial charge in [-0.2, -0.15) is 0 Å². The quantitative estimate of drug-likeness (QED) is 0.861. The summed E-state index contributed by atoms with van der Waals surface area (Å²) in [5.41, 5.74) is 1.01. The van der Waals surface area contributed by atoms with E-state index in [9.17, 15) is 9.59 Å². The largest absolute Gasteiger partial charge is 0.481 e. The number of hydrogen-bond acceptors (Lipinski definition) is 2. The van der Waals surface area contributed by atoms with Gasteiger partial charge in [0, 0.05) is 22.0 Å². The molecule has 124 valence electrons. The zero-order chi connectivity index (χ0) is 16.6. The number of carboxylic acid groups (broad SMARTS) is 1. The molecule has 2 N–H and O–H groups in total. The fourth-order valence-corrected chi connectivity index (χ4v) is 3.98. The van der Waals surface area contributed by atoms with Crippen molar-refractivity contribution >= 4 is 35.1 Å². The van der Waals surface area contributed by atoms with Crippen molar-refractivity contribution in [3.05, 3.63) is 33.8 Å². The first-order chi connectivity index (χ1) is 10.9. The van der Waals surface area contributed by atoms with E-state index < -0.39 is 5.97 Å². The second-order valence-electron chi connectivity index (χ2n) is 6.55. The maximum Gasteiger partial charge on any atom is 0.306 e. The van der Waals surface area contributed by atoms with Crippen molar-refractivity contribution in [1.82, 2.24) is 5.32 Å². The molecule has 2 fully saturated rings. The molecule has 1 amide bonds. The smallest absolute Gasteiger partial charge is 0.306 e. The van der Waals surface area contributed by atoms with Crippen molar-refractivity contribution in [3.8, 4) is 0 Å². The lowest BCUT2D eigenvalue weighted by atomic mass is 9.86. The maximum atomic E-state index is 12.3. The number of carboxylic acids is 1. The molecule has 0 aromatic heterocycles. The molecule has 0 radical (unpaired) electrons. The molecule has 0 heterocycles. The van der Waals surface area contributed by atoms with Gasteiger partial charge in [0.2, 0.25) is 5.91 Å². The Bertz CT molecular complexity index is 606. The van der Waals surface area contributed by atoms with Gasteiger partial charge >= 0.3 is 5.97 Å².